The Kier molecular flexibility index (Phi) is 4.73. The number of aryl methyl sites for hydroxylation is 1. The van der Waals surface area contributed by atoms with Crippen LogP contribution in [0.25, 0.3) is 22.2 Å². The zero-order chi connectivity index (χ0) is 20.0. The summed E-state index contributed by atoms with van der Waals surface area (Å²) in [5.74, 6) is 0.800. The highest BCUT2D eigenvalue weighted by molar-refractivity contribution is 5.95. The van der Waals surface area contributed by atoms with E-state index in [1.165, 1.54) is 38.5 Å². The number of nitrogens with one attached hydrogen (secondary N) is 1. The van der Waals surface area contributed by atoms with Gasteiger partial charge in [-0.25, -0.2) is 9.37 Å². The highest BCUT2D eigenvalue weighted by atomic mass is 19.1. The second kappa shape index (κ2) is 7.40. The maximum atomic E-state index is 15.3. The van der Waals surface area contributed by atoms with Crippen LogP contribution in [-0.4, -0.2) is 15.7 Å². The summed E-state index contributed by atoms with van der Waals surface area (Å²) in [7, 11) is 0. The number of aromatic amines is 1. The first kappa shape index (κ1) is 18.5. The van der Waals surface area contributed by atoms with Crippen LogP contribution in [0.3, 0.4) is 0 Å². The summed E-state index contributed by atoms with van der Waals surface area (Å²) >= 11 is 0. The molecule has 1 aromatic carbocycles. The Morgan fingerprint density at radius 3 is 2.66 bits per heavy atom. The second-order valence-corrected chi connectivity index (χ2v) is 8.92. The summed E-state index contributed by atoms with van der Waals surface area (Å²) in [5.41, 5.74) is 6.63. The number of benzene rings is 1. The Labute approximate surface area is 173 Å². The van der Waals surface area contributed by atoms with Crippen LogP contribution < -0.4 is 0 Å². The molecule has 1 atom stereocenters. The normalized spacial score (nSPS) is 20.4. The van der Waals surface area contributed by atoms with Gasteiger partial charge in [0.25, 0.3) is 0 Å². The van der Waals surface area contributed by atoms with Crippen LogP contribution in [0.15, 0.2) is 35.6 Å². The maximum Gasteiger partial charge on any atom is 0.149 e. The van der Waals surface area contributed by atoms with Crippen molar-refractivity contribution in [3.63, 3.8) is 0 Å². The lowest BCUT2D eigenvalue weighted by Crippen LogP contribution is -2.19. The number of fused-ring (bicyclic) bond motifs is 2. The predicted molar refractivity (Wildman–Crippen MR) is 120 cm³/mol. The Morgan fingerprint density at radius 2 is 1.86 bits per heavy atom. The minimum absolute atomic E-state index is 0. The molecule has 1 fully saturated rings. The van der Waals surface area contributed by atoms with E-state index in [1.807, 2.05) is 26.2 Å². The first-order valence-electron chi connectivity index (χ1n) is 10.9. The predicted octanol–water partition coefficient (Wildman–Crippen LogP) is 7.47. The molecule has 5 rings (SSSR count). The number of H-pyrrole nitrogens is 1. The molecule has 2 aromatic heterocycles. The van der Waals surface area contributed by atoms with Gasteiger partial charge in [-0.2, -0.15) is 0 Å². The van der Waals surface area contributed by atoms with Gasteiger partial charge in [-0.15, -0.1) is 0 Å². The molecule has 3 nitrogen and oxygen atoms in total. The summed E-state index contributed by atoms with van der Waals surface area (Å²) in [6.45, 7) is 4.09. The highest BCUT2D eigenvalue weighted by Crippen LogP contribution is 2.46. The van der Waals surface area contributed by atoms with E-state index in [-0.39, 0.29) is 7.24 Å². The fraction of sp³-hybridized carbons (Fsp3) is 0.440. The van der Waals surface area contributed by atoms with E-state index in [9.17, 15) is 0 Å². The molecule has 1 aliphatic heterocycles. The molecule has 29 heavy (non-hydrogen) atoms. The lowest BCUT2D eigenvalue weighted by Gasteiger charge is -2.31. The van der Waals surface area contributed by atoms with Gasteiger partial charge in [-0.1, -0.05) is 25.7 Å². The summed E-state index contributed by atoms with van der Waals surface area (Å²) in [5, 5.41) is 1.05. The first-order valence-corrected chi connectivity index (χ1v) is 10.9. The average molecular weight is 392 g/mol. The highest BCUT2D eigenvalue weighted by Gasteiger charge is 2.31. The standard InChI is InChI=1S/C25H28FN3.H2/c1-15-9-21-22(14-28-25(21)27-13-15)18-11-20-19(17-7-5-3-4-6-8-17)10-16(2)29-24(20)23(26)12-18;/h9,11-14,17,19H,3-8,10H2,1-2H3,(H,27,28);1H. The van der Waals surface area contributed by atoms with Crippen molar-refractivity contribution in [1.82, 2.24) is 9.97 Å². The smallest absolute Gasteiger partial charge is 0.149 e. The summed E-state index contributed by atoms with van der Waals surface area (Å²) in [6, 6.07) is 5.97. The second-order valence-electron chi connectivity index (χ2n) is 8.92. The Bertz CT molecular complexity index is 1090. The van der Waals surface area contributed by atoms with Crippen molar-refractivity contribution in [2.24, 2.45) is 10.9 Å². The van der Waals surface area contributed by atoms with Gasteiger partial charge >= 0.3 is 0 Å². The van der Waals surface area contributed by atoms with E-state index in [4.69, 9.17) is 0 Å². The summed E-state index contributed by atoms with van der Waals surface area (Å²) in [4.78, 5) is 12.4. The molecule has 1 aliphatic carbocycles. The topological polar surface area (TPSA) is 41.0 Å². The first-order chi connectivity index (χ1) is 14.1. The number of aliphatic imine (C=N–C) groups is 1. The number of pyridine rings is 1. The van der Waals surface area contributed by atoms with Crippen molar-refractivity contribution >= 4 is 22.4 Å². The van der Waals surface area contributed by atoms with Crippen molar-refractivity contribution in [3.8, 4) is 11.1 Å². The number of halogens is 1. The van der Waals surface area contributed by atoms with E-state index in [2.05, 4.69) is 27.1 Å². The molecule has 0 spiro atoms. The molecule has 0 saturated heterocycles. The number of nitrogens with zero attached hydrogens (tertiary/aromatic N) is 2. The van der Waals surface area contributed by atoms with Crippen molar-refractivity contribution < 1.29 is 5.82 Å². The van der Waals surface area contributed by atoms with Crippen LogP contribution in [-0.2, 0) is 0 Å². The molecule has 1 unspecified atom stereocenters. The van der Waals surface area contributed by atoms with Gasteiger partial charge in [-0.3, -0.25) is 4.99 Å². The molecule has 2 aliphatic rings. The lowest BCUT2D eigenvalue weighted by molar-refractivity contribution is 0.379. The van der Waals surface area contributed by atoms with Crippen LogP contribution in [0.5, 0.6) is 0 Å². The summed E-state index contributed by atoms with van der Waals surface area (Å²) in [6.07, 6.45) is 12.5. The molecular weight excluding hydrogens is 361 g/mol. The SMILES string of the molecule is CC1=Nc2c(F)cc(-c3c[nH]c4ncc(C)cc34)cc2C(C2CCCCCC2)C1.[HH]. The number of hydrogen-bond acceptors (Lipinski definition) is 2. The van der Waals surface area contributed by atoms with Gasteiger partial charge in [0.15, 0.2) is 0 Å². The summed E-state index contributed by atoms with van der Waals surface area (Å²) < 4.78 is 15.3. The molecule has 0 radical (unpaired) electrons. The Hall–Kier alpha value is -2.49. The fourth-order valence-corrected chi connectivity index (χ4v) is 5.32. The third-order valence-electron chi connectivity index (χ3n) is 6.76. The molecular formula is C25H30FN3. The molecule has 152 valence electrons. The Balaban J connectivity index is 0.00000218. The third-order valence-corrected chi connectivity index (χ3v) is 6.76. The van der Waals surface area contributed by atoms with Gasteiger partial charge in [0.2, 0.25) is 0 Å². The van der Waals surface area contributed by atoms with Gasteiger partial charge < -0.3 is 4.98 Å². The number of hydrogen-bond donors (Lipinski definition) is 1. The van der Waals surface area contributed by atoms with Crippen LogP contribution in [0.4, 0.5) is 10.1 Å². The average Bonchev–Trinajstić information content (AvgIpc) is 2.93. The van der Waals surface area contributed by atoms with Crippen molar-refractivity contribution in [3.05, 3.63) is 47.5 Å². The molecule has 0 bridgehead atoms. The van der Waals surface area contributed by atoms with Crippen LogP contribution in [0.2, 0.25) is 0 Å². The minimum atomic E-state index is -0.204. The Morgan fingerprint density at radius 1 is 1.07 bits per heavy atom. The van der Waals surface area contributed by atoms with Crippen LogP contribution in [0, 0.1) is 18.7 Å². The van der Waals surface area contributed by atoms with E-state index in [0.717, 1.165) is 45.4 Å². The number of aromatic nitrogens is 2. The van der Waals surface area contributed by atoms with Gasteiger partial charge in [0, 0.05) is 30.5 Å². The monoisotopic (exact) mass is 391 g/mol. The van der Waals surface area contributed by atoms with Crippen molar-refractivity contribution in [2.45, 2.75) is 64.7 Å². The van der Waals surface area contributed by atoms with Crippen molar-refractivity contribution in [2.75, 3.05) is 0 Å². The molecule has 0 amide bonds. The van der Waals surface area contributed by atoms with Crippen LogP contribution in [0.1, 0.15) is 70.3 Å². The van der Waals surface area contributed by atoms with E-state index >= 15 is 4.39 Å². The zero-order valence-electron chi connectivity index (χ0n) is 17.3. The molecule has 4 heteroatoms. The largest absolute Gasteiger partial charge is 0.346 e. The van der Waals surface area contributed by atoms with Gasteiger partial charge in [0.1, 0.15) is 17.2 Å². The van der Waals surface area contributed by atoms with Crippen molar-refractivity contribution in [1.29, 1.82) is 0 Å². The maximum absolute atomic E-state index is 15.3. The molecule has 3 heterocycles. The quantitative estimate of drug-likeness (QED) is 0.452. The fourth-order valence-electron chi connectivity index (χ4n) is 5.32. The van der Waals surface area contributed by atoms with E-state index in [0.29, 0.717) is 17.5 Å². The molecule has 1 saturated carbocycles. The van der Waals surface area contributed by atoms with Crippen LogP contribution >= 0.6 is 0 Å². The zero-order valence-corrected chi connectivity index (χ0v) is 17.3. The molecule has 3 aromatic rings. The van der Waals surface area contributed by atoms with Gasteiger partial charge in [0.05, 0.1) is 0 Å². The minimum Gasteiger partial charge on any atom is -0.346 e. The van der Waals surface area contributed by atoms with E-state index < -0.39 is 0 Å². The van der Waals surface area contributed by atoms with E-state index in [1.54, 1.807) is 6.07 Å². The van der Waals surface area contributed by atoms with Gasteiger partial charge in [-0.05, 0) is 79.8 Å². The third kappa shape index (κ3) is 3.39. The number of rotatable bonds is 2. The lowest BCUT2D eigenvalue weighted by atomic mass is 9.76. The molecule has 1 N–H and O–H groups in total.